The smallest absolute Gasteiger partial charge is 0.240 e. The Balaban J connectivity index is 0. The molecule has 0 heterocycles. The number of primary amides is 1. The van der Waals surface area contributed by atoms with Crippen molar-refractivity contribution < 1.29 is 4.79 Å². The number of carbonyl (C=O) groups is 1. The molecule has 5 nitrogen and oxygen atoms in total. The van der Waals surface area contributed by atoms with Crippen molar-refractivity contribution in [3.8, 4) is 12.1 Å². The number of carbonyl (C=O) groups excluding carboxylic acids is 1. The fourth-order valence-corrected chi connectivity index (χ4v) is 0.888. The van der Waals surface area contributed by atoms with E-state index in [1.165, 1.54) is 6.08 Å². The molecule has 5 heteroatoms. The van der Waals surface area contributed by atoms with Gasteiger partial charge in [-0.2, -0.15) is 10.5 Å². The molecular weight excluding hydrogens is 252 g/mol. The van der Waals surface area contributed by atoms with Gasteiger partial charge in [0.05, 0.1) is 0 Å². The van der Waals surface area contributed by atoms with Gasteiger partial charge in [-0.05, 0) is 24.4 Å². The third-order valence-corrected chi connectivity index (χ3v) is 1.73. The number of hydrogen-bond donors (Lipinski definition) is 1. The number of nitrogens with two attached hydrogens (primary N) is 1. The standard InChI is InChI=1S/C12H13N3.C3H5NO/c1-3-7-15(8-4-2)9-5-6-12(10-13)11-14;1-2-3(4)5/h3-6,9H,1-2,7-8H2;2H,1H2,(H2,4,5). The van der Waals surface area contributed by atoms with Crippen molar-refractivity contribution in [1.82, 2.24) is 4.90 Å². The zero-order valence-electron chi connectivity index (χ0n) is 11.3. The zero-order valence-corrected chi connectivity index (χ0v) is 11.3. The zero-order chi connectivity index (χ0) is 15.8. The number of nitrogens with zero attached hydrogens (tertiary/aromatic N) is 3. The molecule has 0 rings (SSSR count). The molecule has 0 saturated heterocycles. The summed E-state index contributed by atoms with van der Waals surface area (Å²) in [7, 11) is 0. The highest BCUT2D eigenvalue weighted by Gasteiger charge is 1.91. The lowest BCUT2D eigenvalue weighted by Gasteiger charge is -2.14. The minimum absolute atomic E-state index is 0.0865. The van der Waals surface area contributed by atoms with Crippen molar-refractivity contribution in [3.05, 3.63) is 61.9 Å². The lowest BCUT2D eigenvalue weighted by Crippen LogP contribution is -2.16. The van der Waals surface area contributed by atoms with Crippen LogP contribution in [0.2, 0.25) is 0 Å². The lowest BCUT2D eigenvalue weighted by atomic mass is 10.3. The molecule has 104 valence electrons. The molecule has 0 aliphatic carbocycles. The van der Waals surface area contributed by atoms with Crippen LogP contribution >= 0.6 is 0 Å². The average Bonchev–Trinajstić information content (AvgIpc) is 2.44. The minimum Gasteiger partial charge on any atom is -0.370 e. The van der Waals surface area contributed by atoms with E-state index in [1.54, 1.807) is 36.6 Å². The summed E-state index contributed by atoms with van der Waals surface area (Å²) in [5.74, 6) is -0.481. The second kappa shape index (κ2) is 14.0. The van der Waals surface area contributed by atoms with Crippen LogP contribution in [0.4, 0.5) is 0 Å². The molecule has 0 bridgehead atoms. The van der Waals surface area contributed by atoms with Crippen molar-refractivity contribution in [2.45, 2.75) is 0 Å². The largest absolute Gasteiger partial charge is 0.370 e. The maximum Gasteiger partial charge on any atom is 0.240 e. The van der Waals surface area contributed by atoms with Gasteiger partial charge in [-0.15, -0.1) is 13.2 Å². The van der Waals surface area contributed by atoms with Gasteiger partial charge in [-0.25, -0.2) is 0 Å². The number of rotatable bonds is 7. The van der Waals surface area contributed by atoms with E-state index in [9.17, 15) is 4.79 Å². The molecule has 0 aliphatic rings. The second-order valence-corrected chi connectivity index (χ2v) is 3.28. The Kier molecular flexibility index (Phi) is 13.5. The third kappa shape index (κ3) is 13.0. The molecule has 0 aromatic heterocycles. The van der Waals surface area contributed by atoms with Crippen molar-refractivity contribution in [3.63, 3.8) is 0 Å². The van der Waals surface area contributed by atoms with E-state index in [1.807, 2.05) is 4.90 Å². The van der Waals surface area contributed by atoms with Gasteiger partial charge < -0.3 is 10.6 Å². The summed E-state index contributed by atoms with van der Waals surface area (Å²) in [5, 5.41) is 17.0. The maximum absolute atomic E-state index is 9.47. The summed E-state index contributed by atoms with van der Waals surface area (Å²) in [6, 6.07) is 3.56. The molecule has 2 N–H and O–H groups in total. The predicted octanol–water partition coefficient (Wildman–Crippen LogP) is 1.81. The first-order chi connectivity index (χ1) is 9.55. The molecule has 0 spiro atoms. The fraction of sp³-hybridized carbons (Fsp3) is 0.133. The molecule has 0 atom stereocenters. The van der Waals surface area contributed by atoms with Gasteiger partial charge in [0.15, 0.2) is 0 Å². The summed E-state index contributed by atoms with van der Waals surface area (Å²) in [6.07, 6.45) is 9.52. The molecule has 0 aromatic carbocycles. The lowest BCUT2D eigenvalue weighted by molar-refractivity contribution is -0.113. The van der Waals surface area contributed by atoms with Gasteiger partial charge in [-0.3, -0.25) is 4.79 Å². The molecule has 0 aliphatic heterocycles. The Bertz CT molecular complexity index is 449. The van der Waals surface area contributed by atoms with Crippen molar-refractivity contribution >= 4 is 5.91 Å². The van der Waals surface area contributed by atoms with Gasteiger partial charge in [0.25, 0.3) is 0 Å². The summed E-state index contributed by atoms with van der Waals surface area (Å²) in [5.41, 5.74) is 4.62. The van der Waals surface area contributed by atoms with Crippen LogP contribution in [0.1, 0.15) is 0 Å². The highest BCUT2D eigenvalue weighted by molar-refractivity contribution is 5.84. The predicted molar refractivity (Wildman–Crippen MR) is 79.8 cm³/mol. The summed E-state index contributed by atoms with van der Waals surface area (Å²) < 4.78 is 0. The van der Waals surface area contributed by atoms with Crippen LogP contribution < -0.4 is 5.73 Å². The molecule has 0 fully saturated rings. The Morgan fingerprint density at radius 3 is 1.90 bits per heavy atom. The highest BCUT2D eigenvalue weighted by Crippen LogP contribution is 1.94. The SMILES string of the molecule is C=CC(N)=O.C=CCN(C=CC=C(C#N)C#N)CC=C. The molecule has 0 radical (unpaired) electrons. The maximum atomic E-state index is 9.47. The Morgan fingerprint density at radius 1 is 1.15 bits per heavy atom. The monoisotopic (exact) mass is 270 g/mol. The van der Waals surface area contributed by atoms with Gasteiger partial charge in [0.2, 0.25) is 5.91 Å². The van der Waals surface area contributed by atoms with Crippen molar-refractivity contribution in [2.24, 2.45) is 5.73 Å². The summed E-state index contributed by atoms with van der Waals surface area (Å²) >= 11 is 0. The van der Waals surface area contributed by atoms with E-state index in [2.05, 4.69) is 25.5 Å². The molecule has 0 saturated carbocycles. The van der Waals surface area contributed by atoms with Gasteiger partial charge in [0, 0.05) is 13.1 Å². The highest BCUT2D eigenvalue weighted by atomic mass is 16.1. The van der Waals surface area contributed by atoms with E-state index >= 15 is 0 Å². The van der Waals surface area contributed by atoms with Crippen molar-refractivity contribution in [2.75, 3.05) is 13.1 Å². The van der Waals surface area contributed by atoms with Crippen molar-refractivity contribution in [1.29, 1.82) is 10.5 Å². The van der Waals surface area contributed by atoms with Crippen LogP contribution in [0, 0.1) is 22.7 Å². The second-order valence-electron chi connectivity index (χ2n) is 3.28. The molecule has 0 aromatic rings. The normalized spacial score (nSPS) is 8.10. The Hall–Kier alpha value is -3.05. The summed E-state index contributed by atoms with van der Waals surface area (Å²) in [4.78, 5) is 11.4. The van der Waals surface area contributed by atoms with E-state index in [0.717, 1.165) is 6.08 Å². The first-order valence-corrected chi connectivity index (χ1v) is 5.62. The molecule has 1 amide bonds. The quantitative estimate of drug-likeness (QED) is 0.330. The van der Waals surface area contributed by atoms with Gasteiger partial charge in [0.1, 0.15) is 17.7 Å². The Labute approximate surface area is 119 Å². The van der Waals surface area contributed by atoms with Crippen LogP contribution in [0.25, 0.3) is 0 Å². The van der Waals surface area contributed by atoms with Crippen LogP contribution in [0.5, 0.6) is 0 Å². The van der Waals surface area contributed by atoms with Crippen LogP contribution in [0.15, 0.2) is 61.9 Å². The number of nitriles is 2. The number of allylic oxidation sites excluding steroid dienone is 3. The van der Waals surface area contributed by atoms with Crippen LogP contribution in [-0.2, 0) is 4.79 Å². The van der Waals surface area contributed by atoms with E-state index in [-0.39, 0.29) is 5.57 Å². The topological polar surface area (TPSA) is 93.9 Å². The van der Waals surface area contributed by atoms with Gasteiger partial charge >= 0.3 is 0 Å². The van der Waals surface area contributed by atoms with Crippen LogP contribution in [0.3, 0.4) is 0 Å². The molecule has 0 unspecified atom stereocenters. The van der Waals surface area contributed by atoms with E-state index in [4.69, 9.17) is 10.5 Å². The first kappa shape index (κ1) is 19.3. The van der Waals surface area contributed by atoms with E-state index < -0.39 is 5.91 Å². The minimum atomic E-state index is -0.481. The first-order valence-electron chi connectivity index (χ1n) is 5.62. The Morgan fingerprint density at radius 2 is 1.60 bits per heavy atom. The fourth-order valence-electron chi connectivity index (χ4n) is 0.888. The van der Waals surface area contributed by atoms with Crippen LogP contribution in [-0.4, -0.2) is 23.9 Å². The molecule has 20 heavy (non-hydrogen) atoms. The number of hydrogen-bond acceptors (Lipinski definition) is 4. The van der Waals surface area contributed by atoms with Gasteiger partial charge in [-0.1, -0.05) is 18.7 Å². The molecular formula is C15H18N4O. The average molecular weight is 270 g/mol. The summed E-state index contributed by atoms with van der Waals surface area (Å²) in [6.45, 7) is 11.7. The third-order valence-electron chi connectivity index (χ3n) is 1.73. The number of amides is 1. The van der Waals surface area contributed by atoms with E-state index in [0.29, 0.717) is 13.1 Å².